The Balaban J connectivity index is 0.00000420. The third-order valence-corrected chi connectivity index (χ3v) is 4.10. The molecule has 29 heavy (non-hydrogen) atoms. The molecule has 2 aromatic rings. The molecule has 0 aromatic heterocycles. The van der Waals surface area contributed by atoms with Crippen molar-refractivity contribution in [2.75, 3.05) is 46.2 Å². The van der Waals surface area contributed by atoms with Gasteiger partial charge in [0.15, 0.2) is 17.5 Å². The molecule has 0 aliphatic rings. The van der Waals surface area contributed by atoms with Crippen molar-refractivity contribution >= 4 is 35.6 Å². The molecule has 0 atom stereocenters. The molecule has 0 saturated carbocycles. The summed E-state index contributed by atoms with van der Waals surface area (Å²) in [6, 6.07) is 12.2. The summed E-state index contributed by atoms with van der Waals surface area (Å²) < 4.78 is 23.9. The van der Waals surface area contributed by atoms with Gasteiger partial charge in [0.2, 0.25) is 0 Å². The number of hydrogen-bond acceptors (Lipinski definition) is 4. The number of nitrogens with zero attached hydrogens (tertiary/aromatic N) is 2. The predicted octanol–water partition coefficient (Wildman–Crippen LogP) is 3.97. The van der Waals surface area contributed by atoms with Crippen molar-refractivity contribution in [2.45, 2.75) is 13.5 Å². The van der Waals surface area contributed by atoms with E-state index >= 15 is 0 Å². The number of methoxy groups -OCH3 is 1. The van der Waals surface area contributed by atoms with E-state index in [1.807, 2.05) is 32.2 Å². The van der Waals surface area contributed by atoms with Gasteiger partial charge in [-0.15, -0.1) is 24.0 Å². The summed E-state index contributed by atoms with van der Waals surface area (Å²) in [6.07, 6.45) is 0. The Kier molecular flexibility index (Phi) is 11.4. The van der Waals surface area contributed by atoms with Gasteiger partial charge in [-0.3, -0.25) is 4.99 Å². The maximum atomic E-state index is 13.0. The Morgan fingerprint density at radius 2 is 1.86 bits per heavy atom. The van der Waals surface area contributed by atoms with Crippen molar-refractivity contribution in [3.05, 3.63) is 53.8 Å². The van der Waals surface area contributed by atoms with Crippen molar-refractivity contribution in [1.29, 1.82) is 0 Å². The SMILES string of the molecule is CCOc1ccc(NC(=NC)NCCN(C)Cc2ccc(F)cc2)cc1OC.I. The lowest BCUT2D eigenvalue weighted by molar-refractivity contribution is 0.311. The van der Waals surface area contributed by atoms with E-state index in [0.717, 1.165) is 24.3 Å². The number of guanidine groups is 1. The quantitative estimate of drug-likeness (QED) is 0.300. The number of halogens is 2. The van der Waals surface area contributed by atoms with Crippen LogP contribution in [0.4, 0.5) is 10.1 Å². The fourth-order valence-corrected chi connectivity index (χ4v) is 2.68. The lowest BCUT2D eigenvalue weighted by Gasteiger charge is -2.19. The minimum Gasteiger partial charge on any atom is -0.493 e. The summed E-state index contributed by atoms with van der Waals surface area (Å²) in [5.74, 6) is 1.83. The van der Waals surface area contributed by atoms with Crippen molar-refractivity contribution in [2.24, 2.45) is 4.99 Å². The first kappa shape index (κ1) is 25.0. The molecule has 0 saturated heterocycles. The lowest BCUT2D eigenvalue weighted by atomic mass is 10.2. The van der Waals surface area contributed by atoms with Gasteiger partial charge in [0, 0.05) is 38.4 Å². The summed E-state index contributed by atoms with van der Waals surface area (Å²) in [5.41, 5.74) is 1.93. The number of aliphatic imine (C=N–C) groups is 1. The van der Waals surface area contributed by atoms with Gasteiger partial charge in [-0.05, 0) is 43.8 Å². The van der Waals surface area contributed by atoms with E-state index in [1.165, 1.54) is 12.1 Å². The molecule has 0 heterocycles. The topological polar surface area (TPSA) is 58.1 Å². The largest absolute Gasteiger partial charge is 0.493 e. The second-order valence-corrected chi connectivity index (χ2v) is 6.29. The van der Waals surface area contributed by atoms with Gasteiger partial charge < -0.3 is 25.0 Å². The monoisotopic (exact) mass is 516 g/mol. The third kappa shape index (κ3) is 8.45. The number of anilines is 1. The van der Waals surface area contributed by atoms with Crippen LogP contribution < -0.4 is 20.1 Å². The molecule has 0 fully saturated rings. The molecule has 8 heteroatoms. The molecule has 2 aromatic carbocycles. The van der Waals surface area contributed by atoms with Crippen LogP contribution in [0.25, 0.3) is 0 Å². The second kappa shape index (κ2) is 13.2. The van der Waals surface area contributed by atoms with Gasteiger partial charge in [0.05, 0.1) is 13.7 Å². The molecule has 0 spiro atoms. The first-order chi connectivity index (χ1) is 13.5. The average molecular weight is 516 g/mol. The van der Waals surface area contributed by atoms with Crippen LogP contribution in [0.3, 0.4) is 0 Å². The van der Waals surface area contributed by atoms with Crippen molar-refractivity contribution in [3.63, 3.8) is 0 Å². The van der Waals surface area contributed by atoms with E-state index in [9.17, 15) is 4.39 Å². The molecule has 0 aliphatic carbocycles. The smallest absolute Gasteiger partial charge is 0.195 e. The van der Waals surface area contributed by atoms with Gasteiger partial charge in [-0.1, -0.05) is 12.1 Å². The molecule has 6 nitrogen and oxygen atoms in total. The van der Waals surface area contributed by atoms with Crippen LogP contribution in [0.1, 0.15) is 12.5 Å². The number of likely N-dealkylation sites (N-methyl/N-ethyl adjacent to an activating group) is 1. The Morgan fingerprint density at radius 3 is 2.48 bits per heavy atom. The summed E-state index contributed by atoms with van der Waals surface area (Å²) >= 11 is 0. The van der Waals surface area contributed by atoms with Crippen molar-refractivity contribution in [1.82, 2.24) is 10.2 Å². The number of benzene rings is 2. The van der Waals surface area contributed by atoms with Gasteiger partial charge >= 0.3 is 0 Å². The van der Waals surface area contributed by atoms with Crippen LogP contribution >= 0.6 is 24.0 Å². The summed E-state index contributed by atoms with van der Waals surface area (Å²) in [5, 5.41) is 6.53. The zero-order valence-corrected chi connectivity index (χ0v) is 19.7. The Hall–Kier alpha value is -2.07. The van der Waals surface area contributed by atoms with E-state index in [-0.39, 0.29) is 29.8 Å². The van der Waals surface area contributed by atoms with Crippen molar-refractivity contribution in [3.8, 4) is 11.5 Å². The number of hydrogen-bond donors (Lipinski definition) is 2. The normalized spacial score (nSPS) is 11.0. The molecule has 2 N–H and O–H groups in total. The molecule has 0 radical (unpaired) electrons. The van der Waals surface area contributed by atoms with Gasteiger partial charge in [0.1, 0.15) is 5.82 Å². The second-order valence-electron chi connectivity index (χ2n) is 6.29. The number of rotatable bonds is 9. The molecule has 0 aliphatic heterocycles. The van der Waals surface area contributed by atoms with E-state index in [0.29, 0.717) is 30.6 Å². The zero-order valence-electron chi connectivity index (χ0n) is 17.4. The fourth-order valence-electron chi connectivity index (χ4n) is 2.68. The summed E-state index contributed by atoms with van der Waals surface area (Å²) in [7, 11) is 5.37. The molecular formula is C21H30FIN4O2. The highest BCUT2D eigenvalue weighted by molar-refractivity contribution is 14.0. The van der Waals surface area contributed by atoms with Crippen LogP contribution in [0.2, 0.25) is 0 Å². The van der Waals surface area contributed by atoms with Crippen LogP contribution in [0, 0.1) is 5.82 Å². The van der Waals surface area contributed by atoms with Gasteiger partial charge in [-0.25, -0.2) is 4.39 Å². The molecule has 2 rings (SSSR count). The molecule has 0 amide bonds. The maximum Gasteiger partial charge on any atom is 0.195 e. The van der Waals surface area contributed by atoms with Crippen LogP contribution in [-0.4, -0.2) is 51.8 Å². The Morgan fingerprint density at radius 1 is 1.14 bits per heavy atom. The highest BCUT2D eigenvalue weighted by atomic mass is 127. The van der Waals surface area contributed by atoms with E-state index in [1.54, 1.807) is 26.3 Å². The van der Waals surface area contributed by atoms with Crippen LogP contribution in [-0.2, 0) is 6.54 Å². The summed E-state index contributed by atoms with van der Waals surface area (Å²) in [6.45, 7) is 4.79. The van der Waals surface area contributed by atoms with Crippen LogP contribution in [0.15, 0.2) is 47.5 Å². The van der Waals surface area contributed by atoms with E-state index < -0.39 is 0 Å². The third-order valence-electron chi connectivity index (χ3n) is 4.10. The predicted molar refractivity (Wildman–Crippen MR) is 127 cm³/mol. The first-order valence-corrected chi connectivity index (χ1v) is 9.27. The standard InChI is InChI=1S/C21H29FN4O2.HI/c1-5-28-19-11-10-18(14-20(19)27-4)25-21(23-2)24-12-13-26(3)15-16-6-8-17(22)9-7-16;/h6-11,14H,5,12-13,15H2,1-4H3,(H2,23,24,25);1H. The van der Waals surface area contributed by atoms with Crippen molar-refractivity contribution < 1.29 is 13.9 Å². The molecule has 0 bridgehead atoms. The van der Waals surface area contributed by atoms with E-state index in [2.05, 4.69) is 20.5 Å². The molecule has 0 unspecified atom stereocenters. The summed E-state index contributed by atoms with van der Waals surface area (Å²) in [4.78, 5) is 6.41. The highest BCUT2D eigenvalue weighted by Crippen LogP contribution is 2.30. The molecular weight excluding hydrogens is 486 g/mol. The number of ether oxygens (including phenoxy) is 2. The highest BCUT2D eigenvalue weighted by Gasteiger charge is 2.07. The minimum absolute atomic E-state index is 0. The van der Waals surface area contributed by atoms with E-state index in [4.69, 9.17) is 9.47 Å². The average Bonchev–Trinajstić information content (AvgIpc) is 2.70. The molecule has 160 valence electrons. The maximum absolute atomic E-state index is 13.0. The first-order valence-electron chi connectivity index (χ1n) is 9.27. The zero-order chi connectivity index (χ0) is 20.4. The van der Waals surface area contributed by atoms with Gasteiger partial charge in [0.25, 0.3) is 0 Å². The Bertz CT molecular complexity index is 772. The van der Waals surface area contributed by atoms with Gasteiger partial charge in [-0.2, -0.15) is 0 Å². The fraction of sp³-hybridized carbons (Fsp3) is 0.381. The lowest BCUT2D eigenvalue weighted by Crippen LogP contribution is -2.36. The van der Waals surface area contributed by atoms with Crippen LogP contribution in [0.5, 0.6) is 11.5 Å². The number of nitrogens with one attached hydrogen (secondary N) is 2. The Labute approximate surface area is 189 Å². The minimum atomic E-state index is -0.214.